The SMILES string of the molecule is CSc1ccc([C@H](C)NC(=O)c2c(F)cccc2F)cc1. The van der Waals surface area contributed by atoms with E-state index in [4.69, 9.17) is 0 Å². The van der Waals surface area contributed by atoms with Gasteiger partial charge in [-0.05, 0) is 43.0 Å². The molecule has 0 spiro atoms. The number of nitrogens with one attached hydrogen (secondary N) is 1. The Labute approximate surface area is 126 Å². The van der Waals surface area contributed by atoms with Crippen LogP contribution in [0.25, 0.3) is 0 Å². The molecule has 1 amide bonds. The van der Waals surface area contributed by atoms with E-state index in [-0.39, 0.29) is 6.04 Å². The molecule has 0 unspecified atom stereocenters. The number of hydrogen-bond acceptors (Lipinski definition) is 2. The summed E-state index contributed by atoms with van der Waals surface area (Å²) in [5.74, 6) is -2.48. The van der Waals surface area contributed by atoms with Crippen LogP contribution in [0, 0.1) is 11.6 Å². The van der Waals surface area contributed by atoms with Gasteiger partial charge in [-0.25, -0.2) is 8.78 Å². The van der Waals surface area contributed by atoms with Crippen LogP contribution in [0.1, 0.15) is 28.9 Å². The van der Waals surface area contributed by atoms with Gasteiger partial charge in [0.1, 0.15) is 17.2 Å². The van der Waals surface area contributed by atoms with E-state index in [1.165, 1.54) is 6.07 Å². The lowest BCUT2D eigenvalue weighted by molar-refractivity contribution is 0.0931. The van der Waals surface area contributed by atoms with Crippen molar-refractivity contribution < 1.29 is 13.6 Å². The molecule has 1 atom stereocenters. The number of thioether (sulfide) groups is 1. The first kappa shape index (κ1) is 15.5. The molecule has 2 nitrogen and oxygen atoms in total. The van der Waals surface area contributed by atoms with Gasteiger partial charge in [0.05, 0.1) is 6.04 Å². The molecule has 0 aliphatic carbocycles. The van der Waals surface area contributed by atoms with Gasteiger partial charge < -0.3 is 5.32 Å². The van der Waals surface area contributed by atoms with Gasteiger partial charge in [-0.2, -0.15) is 0 Å². The van der Waals surface area contributed by atoms with Crippen molar-refractivity contribution in [1.82, 2.24) is 5.32 Å². The Balaban J connectivity index is 2.15. The van der Waals surface area contributed by atoms with Gasteiger partial charge in [-0.15, -0.1) is 11.8 Å². The van der Waals surface area contributed by atoms with E-state index >= 15 is 0 Å². The fourth-order valence-corrected chi connectivity index (χ4v) is 2.37. The van der Waals surface area contributed by atoms with Crippen LogP contribution in [0.15, 0.2) is 47.4 Å². The molecule has 0 aliphatic heterocycles. The van der Waals surface area contributed by atoms with Crippen molar-refractivity contribution in [3.8, 4) is 0 Å². The van der Waals surface area contributed by atoms with Crippen LogP contribution >= 0.6 is 11.8 Å². The normalized spacial score (nSPS) is 12.0. The average molecular weight is 307 g/mol. The molecule has 1 N–H and O–H groups in total. The summed E-state index contributed by atoms with van der Waals surface area (Å²) in [7, 11) is 0. The third-order valence-corrected chi connectivity index (χ3v) is 3.90. The Kier molecular flexibility index (Phi) is 4.96. The monoisotopic (exact) mass is 307 g/mol. The highest BCUT2D eigenvalue weighted by atomic mass is 32.2. The van der Waals surface area contributed by atoms with Gasteiger partial charge in [0.15, 0.2) is 0 Å². The second kappa shape index (κ2) is 6.72. The molecule has 2 aromatic rings. The molecule has 0 aliphatic rings. The molecular formula is C16H15F2NOS. The summed E-state index contributed by atoms with van der Waals surface area (Å²) < 4.78 is 27.1. The van der Waals surface area contributed by atoms with Gasteiger partial charge in [-0.3, -0.25) is 4.79 Å². The smallest absolute Gasteiger partial charge is 0.257 e. The summed E-state index contributed by atoms with van der Waals surface area (Å²) in [6, 6.07) is 10.7. The maximum absolute atomic E-state index is 13.5. The van der Waals surface area contributed by atoms with Crippen LogP contribution in [0.4, 0.5) is 8.78 Å². The summed E-state index contributed by atoms with van der Waals surface area (Å²) >= 11 is 1.62. The Morgan fingerprint density at radius 1 is 1.10 bits per heavy atom. The number of halogens is 2. The van der Waals surface area contributed by atoms with E-state index in [9.17, 15) is 13.6 Å². The molecule has 0 heterocycles. The van der Waals surface area contributed by atoms with Crippen molar-refractivity contribution in [2.45, 2.75) is 17.9 Å². The maximum Gasteiger partial charge on any atom is 0.257 e. The van der Waals surface area contributed by atoms with Crippen LogP contribution in [-0.2, 0) is 0 Å². The molecule has 0 saturated heterocycles. The molecule has 0 radical (unpaired) electrons. The summed E-state index contributed by atoms with van der Waals surface area (Å²) in [5.41, 5.74) is 0.322. The van der Waals surface area contributed by atoms with Gasteiger partial charge in [0.25, 0.3) is 5.91 Å². The fraction of sp³-hybridized carbons (Fsp3) is 0.188. The minimum absolute atomic E-state index is 0.340. The number of rotatable bonds is 4. The zero-order chi connectivity index (χ0) is 15.4. The van der Waals surface area contributed by atoms with E-state index in [2.05, 4.69) is 5.32 Å². The van der Waals surface area contributed by atoms with Crippen LogP contribution in [0.2, 0.25) is 0 Å². The Bertz CT molecular complexity index is 623. The summed E-state index contributed by atoms with van der Waals surface area (Å²) in [6.45, 7) is 1.77. The Hall–Kier alpha value is -1.88. The van der Waals surface area contributed by atoms with Crippen molar-refractivity contribution >= 4 is 17.7 Å². The van der Waals surface area contributed by atoms with Gasteiger partial charge in [0.2, 0.25) is 0 Å². The highest BCUT2D eigenvalue weighted by Gasteiger charge is 2.19. The number of amides is 1. The zero-order valence-corrected chi connectivity index (χ0v) is 12.5. The van der Waals surface area contributed by atoms with E-state index < -0.39 is 23.1 Å². The van der Waals surface area contributed by atoms with Crippen molar-refractivity contribution in [2.24, 2.45) is 0 Å². The quantitative estimate of drug-likeness (QED) is 0.859. The predicted octanol–water partition coefficient (Wildman–Crippen LogP) is 4.18. The van der Waals surface area contributed by atoms with Crippen LogP contribution in [-0.4, -0.2) is 12.2 Å². The van der Waals surface area contributed by atoms with Gasteiger partial charge in [0, 0.05) is 4.90 Å². The molecule has 2 rings (SSSR count). The van der Waals surface area contributed by atoms with Crippen LogP contribution in [0.5, 0.6) is 0 Å². The highest BCUT2D eigenvalue weighted by Crippen LogP contribution is 2.20. The lowest BCUT2D eigenvalue weighted by Gasteiger charge is -2.15. The third-order valence-electron chi connectivity index (χ3n) is 3.15. The second-order valence-corrected chi connectivity index (χ2v) is 5.44. The Morgan fingerprint density at radius 3 is 2.19 bits per heavy atom. The van der Waals surface area contributed by atoms with E-state index in [0.29, 0.717) is 0 Å². The summed E-state index contributed by atoms with van der Waals surface area (Å²) in [6.07, 6.45) is 1.97. The third kappa shape index (κ3) is 3.61. The molecule has 21 heavy (non-hydrogen) atoms. The number of carbonyl (C=O) groups is 1. The molecule has 2 aromatic carbocycles. The van der Waals surface area contributed by atoms with Crippen molar-refractivity contribution in [2.75, 3.05) is 6.26 Å². The van der Waals surface area contributed by atoms with Gasteiger partial charge >= 0.3 is 0 Å². The molecular weight excluding hydrogens is 292 g/mol. The minimum Gasteiger partial charge on any atom is -0.345 e. The number of carbonyl (C=O) groups excluding carboxylic acids is 1. The summed E-state index contributed by atoms with van der Waals surface area (Å²) in [5, 5.41) is 2.61. The molecule has 0 aromatic heterocycles. The van der Waals surface area contributed by atoms with Crippen LogP contribution < -0.4 is 5.32 Å². The lowest BCUT2D eigenvalue weighted by atomic mass is 10.1. The molecule has 0 saturated carbocycles. The molecule has 5 heteroatoms. The second-order valence-electron chi connectivity index (χ2n) is 4.56. The lowest BCUT2D eigenvalue weighted by Crippen LogP contribution is -2.28. The number of hydrogen-bond donors (Lipinski definition) is 1. The van der Waals surface area contributed by atoms with Crippen molar-refractivity contribution in [3.63, 3.8) is 0 Å². The van der Waals surface area contributed by atoms with E-state index in [1.54, 1.807) is 18.7 Å². The first-order valence-electron chi connectivity index (χ1n) is 6.41. The Morgan fingerprint density at radius 2 is 1.67 bits per heavy atom. The minimum atomic E-state index is -0.863. The van der Waals surface area contributed by atoms with E-state index in [1.807, 2.05) is 30.5 Å². The topological polar surface area (TPSA) is 29.1 Å². The molecule has 110 valence electrons. The van der Waals surface area contributed by atoms with E-state index in [0.717, 1.165) is 22.6 Å². The highest BCUT2D eigenvalue weighted by molar-refractivity contribution is 7.98. The standard InChI is InChI=1S/C16H15F2NOS/c1-10(11-6-8-12(21-2)9-7-11)19-16(20)15-13(17)4-3-5-14(15)18/h3-10H,1-2H3,(H,19,20)/t10-/m0/s1. The summed E-state index contributed by atoms with van der Waals surface area (Å²) in [4.78, 5) is 13.1. The van der Waals surface area contributed by atoms with Crippen LogP contribution in [0.3, 0.4) is 0 Å². The molecule has 0 bridgehead atoms. The number of benzene rings is 2. The van der Waals surface area contributed by atoms with Gasteiger partial charge in [-0.1, -0.05) is 18.2 Å². The average Bonchev–Trinajstić information content (AvgIpc) is 2.47. The largest absolute Gasteiger partial charge is 0.345 e. The van der Waals surface area contributed by atoms with Crippen molar-refractivity contribution in [3.05, 3.63) is 65.2 Å². The van der Waals surface area contributed by atoms with Crippen molar-refractivity contribution in [1.29, 1.82) is 0 Å². The fourth-order valence-electron chi connectivity index (χ4n) is 1.96. The maximum atomic E-state index is 13.5. The first-order valence-corrected chi connectivity index (χ1v) is 7.64. The predicted molar refractivity (Wildman–Crippen MR) is 80.5 cm³/mol. The molecule has 0 fully saturated rings. The first-order chi connectivity index (χ1) is 10.0. The zero-order valence-electron chi connectivity index (χ0n) is 11.7.